The van der Waals surface area contributed by atoms with Gasteiger partial charge in [-0.05, 0) is 49.3 Å². The molecule has 5 heteroatoms. The lowest BCUT2D eigenvalue weighted by Gasteiger charge is -2.28. The van der Waals surface area contributed by atoms with Gasteiger partial charge in [-0.15, -0.1) is 11.3 Å². The predicted octanol–water partition coefficient (Wildman–Crippen LogP) is 4.67. The van der Waals surface area contributed by atoms with E-state index in [1.54, 1.807) is 11.3 Å². The number of aromatic nitrogens is 1. The number of hydrogen-bond acceptors (Lipinski definition) is 4. The van der Waals surface area contributed by atoms with Gasteiger partial charge in [-0.2, -0.15) is 0 Å². The number of fused-ring (bicyclic) bond motifs is 1. The van der Waals surface area contributed by atoms with Crippen LogP contribution in [-0.4, -0.2) is 39.8 Å². The molecule has 0 radical (unpaired) electrons. The van der Waals surface area contributed by atoms with Crippen LogP contribution < -0.4 is 0 Å². The summed E-state index contributed by atoms with van der Waals surface area (Å²) in [6, 6.07) is 4.78. The fourth-order valence-electron chi connectivity index (χ4n) is 4.57. The smallest absolute Gasteiger partial charge is 0.255 e. The number of pyridine rings is 1. The maximum Gasteiger partial charge on any atom is 0.255 e. The Morgan fingerprint density at radius 3 is 2.93 bits per heavy atom. The SMILES string of the molecule is CCC[C@H]1CCCN1C(=O)c1csc2c1CCN(Cc1ccc(CC)cn1)C2. The molecule has 1 fully saturated rings. The largest absolute Gasteiger partial charge is 0.336 e. The average Bonchev–Trinajstić information content (AvgIpc) is 3.35. The minimum atomic E-state index is 0.277. The highest BCUT2D eigenvalue weighted by Gasteiger charge is 2.32. The van der Waals surface area contributed by atoms with Crippen LogP contribution in [0, 0.1) is 0 Å². The lowest BCUT2D eigenvalue weighted by Crippen LogP contribution is -2.36. The molecule has 0 bridgehead atoms. The van der Waals surface area contributed by atoms with Crippen LogP contribution >= 0.6 is 11.3 Å². The summed E-state index contributed by atoms with van der Waals surface area (Å²) in [5.74, 6) is 0.277. The van der Waals surface area contributed by atoms with E-state index in [0.29, 0.717) is 6.04 Å². The third-order valence-electron chi connectivity index (χ3n) is 6.20. The van der Waals surface area contributed by atoms with Crippen molar-refractivity contribution in [2.24, 2.45) is 0 Å². The highest BCUT2D eigenvalue weighted by atomic mass is 32.1. The summed E-state index contributed by atoms with van der Waals surface area (Å²) in [6.45, 7) is 8.12. The molecule has 1 atom stereocenters. The Hall–Kier alpha value is -1.72. The first-order chi connectivity index (χ1) is 13.7. The molecule has 0 aromatic carbocycles. The number of likely N-dealkylation sites (tertiary alicyclic amines) is 1. The van der Waals surface area contributed by atoms with Gasteiger partial charge < -0.3 is 4.90 Å². The zero-order chi connectivity index (χ0) is 19.5. The maximum atomic E-state index is 13.2. The zero-order valence-corrected chi connectivity index (χ0v) is 17.9. The summed E-state index contributed by atoms with van der Waals surface area (Å²) in [7, 11) is 0. The number of nitrogens with zero attached hydrogens (tertiary/aromatic N) is 3. The number of hydrogen-bond donors (Lipinski definition) is 0. The fraction of sp³-hybridized carbons (Fsp3) is 0.565. The third kappa shape index (κ3) is 4.01. The molecule has 0 saturated carbocycles. The number of carbonyl (C=O) groups excluding carboxylic acids is 1. The van der Waals surface area contributed by atoms with Crippen molar-refractivity contribution in [2.45, 2.75) is 71.5 Å². The molecule has 0 aliphatic carbocycles. The molecule has 0 spiro atoms. The van der Waals surface area contributed by atoms with Gasteiger partial charge in [-0.3, -0.25) is 14.7 Å². The van der Waals surface area contributed by atoms with Crippen LogP contribution in [0.15, 0.2) is 23.7 Å². The van der Waals surface area contributed by atoms with Gasteiger partial charge in [0.1, 0.15) is 0 Å². The van der Waals surface area contributed by atoms with Gasteiger partial charge in [0.2, 0.25) is 0 Å². The highest BCUT2D eigenvalue weighted by molar-refractivity contribution is 7.10. The number of carbonyl (C=O) groups is 1. The molecular weight excluding hydrogens is 366 g/mol. The number of aryl methyl sites for hydroxylation is 1. The molecule has 1 saturated heterocycles. The Morgan fingerprint density at radius 2 is 2.18 bits per heavy atom. The number of rotatable bonds is 6. The van der Waals surface area contributed by atoms with Gasteiger partial charge in [0.15, 0.2) is 0 Å². The van der Waals surface area contributed by atoms with Gasteiger partial charge in [0, 0.05) is 48.7 Å². The normalized spacial score (nSPS) is 19.8. The van der Waals surface area contributed by atoms with Crippen LogP contribution in [0.1, 0.15) is 71.6 Å². The van der Waals surface area contributed by atoms with E-state index in [9.17, 15) is 4.79 Å². The Labute approximate surface area is 172 Å². The summed E-state index contributed by atoms with van der Waals surface area (Å²) in [5.41, 5.74) is 4.71. The second-order valence-electron chi connectivity index (χ2n) is 8.11. The topological polar surface area (TPSA) is 36.4 Å². The first kappa shape index (κ1) is 19.6. The zero-order valence-electron chi connectivity index (χ0n) is 17.1. The van der Waals surface area contributed by atoms with E-state index in [4.69, 9.17) is 0 Å². The second-order valence-corrected chi connectivity index (χ2v) is 9.07. The van der Waals surface area contributed by atoms with Crippen molar-refractivity contribution in [1.82, 2.24) is 14.8 Å². The Balaban J connectivity index is 1.43. The monoisotopic (exact) mass is 397 g/mol. The number of amides is 1. The summed E-state index contributed by atoms with van der Waals surface area (Å²) in [6.07, 6.45) is 8.61. The van der Waals surface area contributed by atoms with E-state index in [0.717, 1.165) is 69.5 Å². The van der Waals surface area contributed by atoms with Crippen molar-refractivity contribution in [2.75, 3.05) is 13.1 Å². The fourth-order valence-corrected chi connectivity index (χ4v) is 5.69. The van der Waals surface area contributed by atoms with Crippen LogP contribution in [0.25, 0.3) is 0 Å². The van der Waals surface area contributed by atoms with Crippen molar-refractivity contribution >= 4 is 17.2 Å². The summed E-state index contributed by atoms with van der Waals surface area (Å²) in [4.78, 5) is 23.8. The van der Waals surface area contributed by atoms with Gasteiger partial charge in [0.05, 0.1) is 11.3 Å². The lowest BCUT2D eigenvalue weighted by molar-refractivity contribution is 0.0728. The van der Waals surface area contributed by atoms with Gasteiger partial charge in [-0.25, -0.2) is 0 Å². The molecule has 4 nitrogen and oxygen atoms in total. The average molecular weight is 398 g/mol. The Kier molecular flexibility index (Phi) is 6.12. The van der Waals surface area contributed by atoms with Crippen molar-refractivity contribution in [3.05, 3.63) is 51.0 Å². The number of thiophene rings is 1. The minimum Gasteiger partial charge on any atom is -0.336 e. The molecule has 2 aromatic heterocycles. The Bertz CT molecular complexity index is 814. The molecular formula is C23H31N3OS. The molecule has 28 heavy (non-hydrogen) atoms. The van der Waals surface area contributed by atoms with E-state index in [-0.39, 0.29) is 5.91 Å². The molecule has 2 aliphatic rings. The molecule has 0 unspecified atom stereocenters. The quantitative estimate of drug-likeness (QED) is 0.711. The van der Waals surface area contributed by atoms with Gasteiger partial charge >= 0.3 is 0 Å². The van der Waals surface area contributed by atoms with Gasteiger partial charge in [0.25, 0.3) is 5.91 Å². The third-order valence-corrected chi connectivity index (χ3v) is 7.21. The van der Waals surface area contributed by atoms with Crippen LogP contribution in [0.3, 0.4) is 0 Å². The van der Waals surface area contributed by atoms with Crippen molar-refractivity contribution < 1.29 is 4.79 Å². The van der Waals surface area contributed by atoms with Crippen LogP contribution in [-0.2, 0) is 25.9 Å². The van der Waals surface area contributed by atoms with Crippen LogP contribution in [0.2, 0.25) is 0 Å². The second kappa shape index (κ2) is 8.75. The molecule has 2 aliphatic heterocycles. The van der Waals surface area contributed by atoms with E-state index < -0.39 is 0 Å². The van der Waals surface area contributed by atoms with Crippen molar-refractivity contribution in [3.63, 3.8) is 0 Å². The highest BCUT2D eigenvalue weighted by Crippen LogP contribution is 2.32. The van der Waals surface area contributed by atoms with Crippen LogP contribution in [0.4, 0.5) is 0 Å². The van der Waals surface area contributed by atoms with E-state index in [1.807, 2.05) is 6.20 Å². The standard InChI is InChI=1S/C23H31N3OS/c1-3-6-19-7-5-11-26(19)23(27)21-16-28-22-15-25(12-10-20(21)22)14-18-9-8-17(4-2)13-24-18/h8-9,13,16,19H,3-7,10-12,14-15H2,1-2H3/t19-/m0/s1. The lowest BCUT2D eigenvalue weighted by atomic mass is 10.0. The van der Waals surface area contributed by atoms with E-state index in [2.05, 4.69) is 46.1 Å². The summed E-state index contributed by atoms with van der Waals surface area (Å²) >= 11 is 1.76. The first-order valence-corrected chi connectivity index (χ1v) is 11.6. The molecule has 1 amide bonds. The molecule has 2 aromatic rings. The molecule has 4 rings (SSSR count). The minimum absolute atomic E-state index is 0.277. The maximum absolute atomic E-state index is 13.2. The predicted molar refractivity (Wildman–Crippen MR) is 115 cm³/mol. The molecule has 4 heterocycles. The molecule has 0 N–H and O–H groups in total. The van der Waals surface area contributed by atoms with Crippen LogP contribution in [0.5, 0.6) is 0 Å². The van der Waals surface area contributed by atoms with E-state index in [1.165, 1.54) is 22.4 Å². The molecule has 150 valence electrons. The van der Waals surface area contributed by atoms with Crippen molar-refractivity contribution in [1.29, 1.82) is 0 Å². The summed E-state index contributed by atoms with van der Waals surface area (Å²) in [5, 5.41) is 2.12. The summed E-state index contributed by atoms with van der Waals surface area (Å²) < 4.78 is 0. The first-order valence-electron chi connectivity index (χ1n) is 10.8. The Morgan fingerprint density at radius 1 is 1.29 bits per heavy atom. The van der Waals surface area contributed by atoms with Crippen molar-refractivity contribution in [3.8, 4) is 0 Å². The van der Waals surface area contributed by atoms with E-state index >= 15 is 0 Å². The van der Waals surface area contributed by atoms with Gasteiger partial charge in [-0.1, -0.05) is 26.3 Å².